The number of carbonyl (C=O) groups excluding carboxylic acids is 1. The number of nitrogens with one attached hydrogen (secondary N) is 2. The molecule has 2 amide bonds. The first-order chi connectivity index (χ1) is 12.6. The fourth-order valence-corrected chi connectivity index (χ4v) is 2.40. The number of amides is 2. The van der Waals surface area contributed by atoms with Gasteiger partial charge in [-0.1, -0.05) is 17.7 Å². The molecule has 140 valence electrons. The first-order valence-corrected chi connectivity index (χ1v) is 8.18. The molecule has 0 atom stereocenters. The Morgan fingerprint density at radius 2 is 1.73 bits per heavy atom. The predicted octanol–water partition coefficient (Wildman–Crippen LogP) is 3.57. The number of benzene rings is 2. The third kappa shape index (κ3) is 5.35. The lowest BCUT2D eigenvalue weighted by molar-refractivity contribution is 0.247. The minimum Gasteiger partial charge on any atom is -0.493 e. The van der Waals surface area contributed by atoms with E-state index in [9.17, 15) is 4.79 Å². The number of anilines is 1. The van der Waals surface area contributed by atoms with Gasteiger partial charge in [0, 0.05) is 17.2 Å². The molecule has 2 aromatic carbocycles. The van der Waals surface area contributed by atoms with Crippen molar-refractivity contribution in [2.45, 2.75) is 0 Å². The second-order valence-electron chi connectivity index (χ2n) is 5.10. The van der Waals surface area contributed by atoms with Gasteiger partial charge in [0.05, 0.1) is 33.6 Å². The van der Waals surface area contributed by atoms with Crippen LogP contribution in [0, 0.1) is 0 Å². The Morgan fingerprint density at radius 1 is 1.04 bits per heavy atom. The van der Waals surface area contributed by atoms with Crippen LogP contribution in [0.25, 0.3) is 0 Å². The van der Waals surface area contributed by atoms with E-state index < -0.39 is 0 Å². The third-order valence-corrected chi connectivity index (χ3v) is 3.61. The number of hydrogen-bond acceptors (Lipinski definition) is 5. The van der Waals surface area contributed by atoms with E-state index in [0.29, 0.717) is 46.9 Å². The molecule has 7 nitrogen and oxygen atoms in total. The lowest BCUT2D eigenvalue weighted by atomic mass is 10.2. The van der Waals surface area contributed by atoms with E-state index in [-0.39, 0.29) is 6.03 Å². The van der Waals surface area contributed by atoms with Crippen molar-refractivity contribution in [1.82, 2.24) is 5.32 Å². The van der Waals surface area contributed by atoms with E-state index in [4.69, 9.17) is 30.5 Å². The van der Waals surface area contributed by atoms with Gasteiger partial charge >= 0.3 is 6.03 Å². The summed E-state index contributed by atoms with van der Waals surface area (Å²) in [4.78, 5) is 12.0. The first-order valence-electron chi connectivity index (χ1n) is 7.80. The molecule has 0 aromatic heterocycles. The van der Waals surface area contributed by atoms with Gasteiger partial charge in [0.25, 0.3) is 0 Å². The van der Waals surface area contributed by atoms with E-state index in [1.54, 1.807) is 36.4 Å². The van der Waals surface area contributed by atoms with Gasteiger partial charge in [-0.05, 0) is 18.2 Å². The zero-order valence-electron chi connectivity index (χ0n) is 14.8. The van der Waals surface area contributed by atoms with Crippen LogP contribution in [-0.2, 0) is 0 Å². The minimum absolute atomic E-state index is 0.309. The highest BCUT2D eigenvalue weighted by Crippen LogP contribution is 2.39. The Balaban J connectivity index is 1.87. The second kappa shape index (κ2) is 9.62. The zero-order chi connectivity index (χ0) is 18.9. The molecule has 0 aliphatic carbocycles. The van der Waals surface area contributed by atoms with Gasteiger partial charge in [-0.3, -0.25) is 0 Å². The van der Waals surface area contributed by atoms with E-state index in [1.807, 2.05) is 0 Å². The van der Waals surface area contributed by atoms with Crippen LogP contribution >= 0.6 is 11.6 Å². The summed E-state index contributed by atoms with van der Waals surface area (Å²) in [5.41, 5.74) is 0.507. The maximum Gasteiger partial charge on any atom is 0.319 e. The maximum atomic E-state index is 12.0. The Bertz CT molecular complexity index is 729. The molecule has 0 aliphatic rings. The van der Waals surface area contributed by atoms with Crippen LogP contribution < -0.4 is 29.6 Å². The average Bonchev–Trinajstić information content (AvgIpc) is 2.64. The van der Waals surface area contributed by atoms with Crippen molar-refractivity contribution in [1.29, 1.82) is 0 Å². The summed E-state index contributed by atoms with van der Waals surface area (Å²) in [5.74, 6) is 2.00. The van der Waals surface area contributed by atoms with Crippen LogP contribution in [0.3, 0.4) is 0 Å². The lowest BCUT2D eigenvalue weighted by Crippen LogP contribution is -2.32. The van der Waals surface area contributed by atoms with Crippen molar-refractivity contribution in [3.8, 4) is 23.0 Å². The monoisotopic (exact) mass is 380 g/mol. The molecule has 0 aliphatic heterocycles. The Labute approximate surface area is 157 Å². The Morgan fingerprint density at radius 3 is 2.31 bits per heavy atom. The molecule has 0 spiro atoms. The molecule has 2 N–H and O–H groups in total. The highest BCUT2D eigenvalue weighted by molar-refractivity contribution is 6.30. The first kappa shape index (κ1) is 19.5. The number of urea groups is 1. The van der Waals surface area contributed by atoms with Gasteiger partial charge < -0.3 is 29.6 Å². The smallest absolute Gasteiger partial charge is 0.319 e. The Hall–Kier alpha value is -2.80. The average molecular weight is 381 g/mol. The number of ether oxygens (including phenoxy) is 4. The minimum atomic E-state index is -0.381. The summed E-state index contributed by atoms with van der Waals surface area (Å²) < 4.78 is 21.3. The van der Waals surface area contributed by atoms with Gasteiger partial charge in [-0.15, -0.1) is 0 Å². The summed E-state index contributed by atoms with van der Waals surface area (Å²) in [7, 11) is 4.53. The van der Waals surface area contributed by atoms with Crippen LogP contribution in [0.4, 0.5) is 10.5 Å². The standard InChI is InChI=1S/C18H21ClN2O5/c1-23-15-10-13(11-16(24-2)17(15)25-3)21-18(22)20-7-8-26-14-6-4-5-12(19)9-14/h4-6,9-11H,7-8H2,1-3H3,(H2,20,21,22). The molecule has 0 unspecified atom stereocenters. The highest BCUT2D eigenvalue weighted by atomic mass is 35.5. The van der Waals surface area contributed by atoms with E-state index in [2.05, 4.69) is 10.6 Å². The van der Waals surface area contributed by atoms with Crippen molar-refractivity contribution in [2.24, 2.45) is 0 Å². The van der Waals surface area contributed by atoms with Gasteiger partial charge in [0.1, 0.15) is 12.4 Å². The summed E-state index contributed by atoms with van der Waals surface area (Å²) in [6.45, 7) is 0.631. The van der Waals surface area contributed by atoms with Crippen LogP contribution in [0.15, 0.2) is 36.4 Å². The van der Waals surface area contributed by atoms with Crippen molar-refractivity contribution >= 4 is 23.3 Å². The molecular weight excluding hydrogens is 360 g/mol. The van der Waals surface area contributed by atoms with E-state index >= 15 is 0 Å². The SMILES string of the molecule is COc1cc(NC(=O)NCCOc2cccc(Cl)c2)cc(OC)c1OC. The van der Waals surface area contributed by atoms with Gasteiger partial charge in [-0.25, -0.2) is 4.79 Å². The summed E-state index contributed by atoms with van der Waals surface area (Å²) in [6, 6.07) is 9.96. The third-order valence-electron chi connectivity index (χ3n) is 3.38. The fourth-order valence-electron chi connectivity index (χ4n) is 2.22. The number of halogens is 1. The van der Waals surface area contributed by atoms with Crippen molar-refractivity contribution in [3.63, 3.8) is 0 Å². The van der Waals surface area contributed by atoms with Gasteiger partial charge in [0.15, 0.2) is 11.5 Å². The van der Waals surface area contributed by atoms with E-state index in [1.165, 1.54) is 21.3 Å². The number of rotatable bonds is 8. The molecule has 0 bridgehead atoms. The largest absolute Gasteiger partial charge is 0.493 e. The molecule has 0 fully saturated rings. The van der Waals surface area contributed by atoms with E-state index in [0.717, 1.165) is 0 Å². The molecule has 8 heteroatoms. The Kier molecular flexibility index (Phi) is 7.23. The molecule has 0 radical (unpaired) electrons. The van der Waals surface area contributed by atoms with Gasteiger partial charge in [0.2, 0.25) is 5.75 Å². The normalized spacial score (nSPS) is 10.0. The molecule has 0 heterocycles. The lowest BCUT2D eigenvalue weighted by Gasteiger charge is -2.15. The van der Waals surface area contributed by atoms with Crippen molar-refractivity contribution in [3.05, 3.63) is 41.4 Å². The van der Waals surface area contributed by atoms with Crippen molar-refractivity contribution in [2.75, 3.05) is 39.8 Å². The van der Waals surface area contributed by atoms with Gasteiger partial charge in [-0.2, -0.15) is 0 Å². The molecule has 0 saturated carbocycles. The van der Waals surface area contributed by atoms with Crippen LogP contribution in [0.5, 0.6) is 23.0 Å². The molecular formula is C18H21ClN2O5. The fraction of sp³-hybridized carbons (Fsp3) is 0.278. The van der Waals surface area contributed by atoms with Crippen LogP contribution in [0.2, 0.25) is 5.02 Å². The quantitative estimate of drug-likeness (QED) is 0.684. The molecule has 0 saturated heterocycles. The van der Waals surface area contributed by atoms with Crippen LogP contribution in [0.1, 0.15) is 0 Å². The topological polar surface area (TPSA) is 78.1 Å². The second-order valence-corrected chi connectivity index (χ2v) is 5.54. The molecule has 2 rings (SSSR count). The van der Waals surface area contributed by atoms with Crippen LogP contribution in [-0.4, -0.2) is 40.5 Å². The molecule has 26 heavy (non-hydrogen) atoms. The molecule has 2 aromatic rings. The zero-order valence-corrected chi connectivity index (χ0v) is 15.6. The maximum absolute atomic E-state index is 12.0. The number of methoxy groups -OCH3 is 3. The number of carbonyl (C=O) groups is 1. The highest BCUT2D eigenvalue weighted by Gasteiger charge is 2.14. The summed E-state index contributed by atoms with van der Waals surface area (Å²) in [5, 5.41) is 6.00. The summed E-state index contributed by atoms with van der Waals surface area (Å²) >= 11 is 5.88. The number of hydrogen-bond donors (Lipinski definition) is 2. The predicted molar refractivity (Wildman–Crippen MR) is 100 cm³/mol. The summed E-state index contributed by atoms with van der Waals surface area (Å²) in [6.07, 6.45) is 0. The van der Waals surface area contributed by atoms with Crippen molar-refractivity contribution < 1.29 is 23.7 Å².